The first-order chi connectivity index (χ1) is 18.4. The van der Waals surface area contributed by atoms with Crippen LogP contribution in [0.2, 0.25) is 10.0 Å². The number of nitrogen functional groups attached to an aromatic ring is 1. The molecule has 5 rings (SSSR count). The van der Waals surface area contributed by atoms with E-state index in [0.29, 0.717) is 0 Å². The zero-order chi connectivity index (χ0) is 29.7. The Morgan fingerprint density at radius 1 is 1.00 bits per heavy atom. The smallest absolute Gasteiger partial charge is 0.300 e. The first-order valence-electron chi connectivity index (χ1n) is 10.4. The summed E-state index contributed by atoms with van der Waals surface area (Å²) in [6.07, 6.45) is -0.407. The van der Waals surface area contributed by atoms with E-state index in [1.54, 1.807) is 0 Å². The van der Waals surface area contributed by atoms with Gasteiger partial charge in [0.05, 0.1) is 28.9 Å². The van der Waals surface area contributed by atoms with Gasteiger partial charge in [0.15, 0.2) is 22.0 Å². The summed E-state index contributed by atoms with van der Waals surface area (Å²) in [5.74, 6) is -0.714. The van der Waals surface area contributed by atoms with E-state index in [0.717, 1.165) is 12.1 Å². The van der Waals surface area contributed by atoms with E-state index in [1.807, 2.05) is 0 Å². The van der Waals surface area contributed by atoms with Gasteiger partial charge in [-0.25, -0.2) is 4.98 Å². The number of methoxy groups -OCH3 is 1. The predicted molar refractivity (Wildman–Crippen MR) is 139 cm³/mol. The Hall–Kier alpha value is -3.23. The normalized spacial score (nSPS) is 13.7. The molecular weight excluding hydrogens is 639 g/mol. The molecule has 0 saturated carbocycles. The molecule has 3 aliphatic rings. The number of nitrogens with two attached hydrogens (primary N) is 1. The summed E-state index contributed by atoms with van der Waals surface area (Å²) in [4.78, 5) is 1.34. The fraction of sp³-hybridized carbons (Fsp3) is 0.100. The van der Waals surface area contributed by atoms with Crippen LogP contribution in [-0.4, -0.2) is 51.0 Å². The lowest BCUT2D eigenvalue weighted by molar-refractivity contribution is 0.410. The lowest BCUT2D eigenvalue weighted by Gasteiger charge is -2.27. The summed E-state index contributed by atoms with van der Waals surface area (Å²) in [6.45, 7) is 0. The third kappa shape index (κ3) is 4.23. The largest absolute Gasteiger partial charge is 0.494 e. The Kier molecular flexibility index (Phi) is 6.29. The van der Waals surface area contributed by atoms with E-state index in [-0.39, 0.29) is 55.1 Å². The summed E-state index contributed by atoms with van der Waals surface area (Å²) in [5, 5.41) is 9.52. The van der Waals surface area contributed by atoms with Crippen molar-refractivity contribution in [3.63, 3.8) is 0 Å². The molecule has 0 atom stereocenters. The quantitative estimate of drug-likeness (QED) is 0.0926. The molecule has 2 aliphatic heterocycles. The van der Waals surface area contributed by atoms with Gasteiger partial charge < -0.3 is 20.2 Å². The van der Waals surface area contributed by atoms with Crippen LogP contribution in [0.3, 0.4) is 0 Å². The molecule has 0 spiro atoms. The van der Waals surface area contributed by atoms with E-state index in [1.165, 1.54) is 7.11 Å². The minimum absolute atomic E-state index is 0.0636. The maximum Gasteiger partial charge on any atom is 0.300 e. The lowest BCUT2D eigenvalue weighted by Crippen LogP contribution is -2.19. The molecule has 1 aliphatic carbocycles. The van der Waals surface area contributed by atoms with Crippen molar-refractivity contribution in [3.05, 3.63) is 38.7 Å². The number of rotatable bonds is 4. The number of aromatic nitrogens is 1. The highest BCUT2D eigenvalue weighted by atomic mass is 35.5. The molecule has 20 heteroatoms. The van der Waals surface area contributed by atoms with Crippen LogP contribution in [0.15, 0.2) is 31.2 Å². The fourth-order valence-electron chi connectivity index (χ4n) is 4.42. The molecule has 2 aromatic rings. The van der Waals surface area contributed by atoms with Crippen molar-refractivity contribution in [2.24, 2.45) is 0 Å². The second-order valence-electron chi connectivity index (χ2n) is 8.38. The van der Waals surface area contributed by atoms with Gasteiger partial charge in [0.2, 0.25) is 0 Å². The Bertz CT molecular complexity index is 2180. The zero-order valence-corrected chi connectivity index (χ0v) is 23.4. The highest BCUT2D eigenvalue weighted by Crippen LogP contribution is 2.50. The summed E-state index contributed by atoms with van der Waals surface area (Å²) < 4.78 is 112. The maximum atomic E-state index is 12.2. The van der Waals surface area contributed by atoms with Crippen LogP contribution in [0.1, 0.15) is 11.1 Å². The number of nitrogens with one attached hydrogen (secondary N) is 2. The number of anilines is 3. The molecule has 0 amide bonds. The van der Waals surface area contributed by atoms with Crippen LogP contribution in [0, 0.1) is 5.41 Å². The van der Waals surface area contributed by atoms with Gasteiger partial charge >= 0.3 is 0 Å². The first kappa shape index (κ1) is 28.3. The molecule has 15 nitrogen and oxygen atoms in total. The minimum Gasteiger partial charge on any atom is -0.494 e. The maximum absolute atomic E-state index is 12.2. The molecule has 0 bridgehead atoms. The van der Waals surface area contributed by atoms with Gasteiger partial charge in [-0.05, 0) is 6.07 Å². The highest BCUT2D eigenvalue weighted by molar-refractivity contribution is 7.87. The van der Waals surface area contributed by atoms with Gasteiger partial charge in [-0.15, -0.1) is 0 Å². The molecule has 0 aromatic heterocycles. The summed E-state index contributed by atoms with van der Waals surface area (Å²) in [5.41, 5.74) is 3.56. The molecule has 2 heterocycles. The molecule has 0 unspecified atom stereocenters. The second-order valence-corrected chi connectivity index (χ2v) is 13.2. The number of nitrogens with zero attached hydrogens (tertiary/aromatic N) is 1. The van der Waals surface area contributed by atoms with E-state index in [2.05, 4.69) is 10.3 Å². The van der Waals surface area contributed by atoms with E-state index >= 15 is 0 Å². The standard InChI is InChI=1S/C20H14Cl2N4O11S3/c1-36-9-3-7(23)20(40(33,34)35)18-15(9)26-16-11(21)6-2-5-8(25-14(6)12(22)17(16)37-18)4-10(38(27,28)29)13(24)19(5)39(30,31)32/h3-4,23,25H,2,24H2,1H3,(H,27,28,29)(H,30,31,32)(H,33,34,35). The molecule has 212 valence electrons. The van der Waals surface area contributed by atoms with Gasteiger partial charge in [0.25, 0.3) is 30.4 Å². The van der Waals surface area contributed by atoms with Crippen molar-refractivity contribution < 1.29 is 48.1 Å². The average molecular weight is 653 g/mol. The number of ether oxygens (including phenoxy) is 1. The van der Waals surface area contributed by atoms with E-state index in [9.17, 15) is 38.9 Å². The molecule has 7 N–H and O–H groups in total. The number of hydrogen-bond acceptors (Lipinski definition) is 12. The SMILES string of the molecule is COc1cc(=N)c(S(=O)(=O)O)c2oc3c(Cl)c4c(c(Cl)c3nc1-2)Cc1c(cc(S(=O)(=O)O)c(N)c1S(=O)(=O)O)N4. The van der Waals surface area contributed by atoms with Crippen LogP contribution < -0.4 is 21.1 Å². The van der Waals surface area contributed by atoms with Crippen molar-refractivity contribution in [2.75, 3.05) is 18.2 Å². The predicted octanol–water partition coefficient (Wildman–Crippen LogP) is 2.70. The minimum atomic E-state index is -5.15. The second kappa shape index (κ2) is 8.88. The Morgan fingerprint density at radius 2 is 1.62 bits per heavy atom. The van der Waals surface area contributed by atoms with Crippen LogP contribution in [-0.2, 0) is 36.8 Å². The summed E-state index contributed by atoms with van der Waals surface area (Å²) in [6, 6.07) is 1.79. The van der Waals surface area contributed by atoms with Crippen molar-refractivity contribution in [2.45, 2.75) is 21.1 Å². The number of hydrogen-bond donors (Lipinski definition) is 6. The molecule has 0 saturated heterocycles. The van der Waals surface area contributed by atoms with Crippen LogP contribution >= 0.6 is 23.2 Å². The lowest BCUT2D eigenvalue weighted by atomic mass is 9.95. The summed E-state index contributed by atoms with van der Waals surface area (Å²) in [7, 11) is -14.0. The average Bonchev–Trinajstić information content (AvgIpc) is 2.82. The van der Waals surface area contributed by atoms with Crippen LogP contribution in [0.25, 0.3) is 22.6 Å². The third-order valence-electron chi connectivity index (χ3n) is 6.02. The highest BCUT2D eigenvalue weighted by Gasteiger charge is 2.35. The monoisotopic (exact) mass is 652 g/mol. The molecule has 40 heavy (non-hydrogen) atoms. The van der Waals surface area contributed by atoms with Gasteiger partial charge in [0.1, 0.15) is 26.0 Å². The van der Waals surface area contributed by atoms with E-state index < -0.39 is 68.3 Å². The molecule has 0 fully saturated rings. The Labute approximate surface area is 234 Å². The van der Waals surface area contributed by atoms with Crippen molar-refractivity contribution in [3.8, 4) is 17.2 Å². The first-order valence-corrected chi connectivity index (χ1v) is 15.5. The number of fused-ring (bicyclic) bond motifs is 4. The molecule has 0 radical (unpaired) electrons. The van der Waals surface area contributed by atoms with Crippen molar-refractivity contribution in [1.82, 2.24) is 4.98 Å². The topological polar surface area (TPSA) is 260 Å². The van der Waals surface area contributed by atoms with Gasteiger partial charge in [0, 0.05) is 29.3 Å². The summed E-state index contributed by atoms with van der Waals surface area (Å²) >= 11 is 13.2. The van der Waals surface area contributed by atoms with Crippen LogP contribution in [0.4, 0.5) is 17.1 Å². The molecule has 2 aromatic carbocycles. The number of benzene rings is 3. The Balaban J connectivity index is 1.90. The van der Waals surface area contributed by atoms with Crippen molar-refractivity contribution >= 4 is 81.7 Å². The van der Waals surface area contributed by atoms with Gasteiger partial charge in [-0.3, -0.25) is 19.1 Å². The van der Waals surface area contributed by atoms with Crippen LogP contribution in [0.5, 0.6) is 5.75 Å². The molecular formula is C20H14Cl2N4O11S3. The van der Waals surface area contributed by atoms with Gasteiger partial charge in [-0.1, -0.05) is 23.2 Å². The zero-order valence-electron chi connectivity index (χ0n) is 19.5. The third-order valence-corrected chi connectivity index (χ3v) is 9.59. The fourth-order valence-corrected chi connectivity index (χ4v) is 7.30. The van der Waals surface area contributed by atoms with E-state index in [4.69, 9.17) is 43.5 Å². The Morgan fingerprint density at radius 3 is 2.17 bits per heavy atom. The number of halogens is 2. The van der Waals surface area contributed by atoms with Crippen molar-refractivity contribution in [1.29, 1.82) is 5.41 Å². The van der Waals surface area contributed by atoms with Gasteiger partial charge in [-0.2, -0.15) is 25.3 Å².